The van der Waals surface area contributed by atoms with Crippen molar-refractivity contribution in [3.8, 4) is 11.3 Å². The van der Waals surface area contributed by atoms with Crippen LogP contribution in [-0.4, -0.2) is 0 Å². The average Bonchev–Trinajstić information content (AvgIpc) is 2.75. The van der Waals surface area contributed by atoms with Gasteiger partial charge in [-0.05, 0) is 78.3 Å². The Morgan fingerprint density at radius 2 is 1.66 bits per heavy atom. The van der Waals surface area contributed by atoms with Gasteiger partial charge in [0.2, 0.25) is 5.69 Å². The Morgan fingerprint density at radius 3 is 2.34 bits per heavy atom. The lowest BCUT2D eigenvalue weighted by Crippen LogP contribution is -2.35. The lowest BCUT2D eigenvalue weighted by molar-refractivity contribution is -0.665. The predicted octanol–water partition coefficient (Wildman–Crippen LogP) is 7.12. The normalized spacial score (nSPS) is 15.2. The van der Waals surface area contributed by atoms with Gasteiger partial charge < -0.3 is 0 Å². The highest BCUT2D eigenvalue weighted by molar-refractivity contribution is 5.94. The molecular weight excluding hydrogens is 350 g/mol. The fourth-order valence-corrected chi connectivity index (χ4v) is 5.27. The van der Waals surface area contributed by atoms with Crippen LogP contribution in [0, 0.1) is 13.8 Å². The third kappa shape index (κ3) is 3.72. The van der Waals surface area contributed by atoms with Crippen LogP contribution in [0.15, 0.2) is 36.4 Å². The zero-order valence-corrected chi connectivity index (χ0v) is 18.9. The summed E-state index contributed by atoms with van der Waals surface area (Å²) in [5.41, 5.74) is 10.0. The number of nitrogens with zero attached hydrogens (tertiary/aromatic N) is 1. The van der Waals surface area contributed by atoms with Gasteiger partial charge in [-0.1, -0.05) is 51.3 Å². The maximum atomic E-state index is 2.49. The van der Waals surface area contributed by atoms with Crippen LogP contribution in [0.5, 0.6) is 0 Å². The first kappa shape index (κ1) is 20.1. The second kappa shape index (κ2) is 8.30. The van der Waals surface area contributed by atoms with Gasteiger partial charge in [-0.15, -0.1) is 0 Å². The molecule has 0 spiro atoms. The van der Waals surface area contributed by atoms with Crippen molar-refractivity contribution in [1.29, 1.82) is 0 Å². The van der Waals surface area contributed by atoms with Crippen LogP contribution in [0.25, 0.3) is 22.0 Å². The molecule has 1 heterocycles. The number of aromatic nitrogens is 1. The minimum atomic E-state index is 0.753. The molecule has 0 unspecified atom stereocenters. The minimum Gasteiger partial charge on any atom is -0.198 e. The highest BCUT2D eigenvalue weighted by atomic mass is 14.9. The van der Waals surface area contributed by atoms with Crippen molar-refractivity contribution >= 4 is 10.8 Å². The maximum Gasteiger partial charge on any atom is 0.220 e. The molecule has 1 aromatic heterocycles. The van der Waals surface area contributed by atoms with Crippen molar-refractivity contribution in [3.63, 3.8) is 0 Å². The summed E-state index contributed by atoms with van der Waals surface area (Å²) in [5.74, 6) is 0.753. The van der Waals surface area contributed by atoms with Crippen molar-refractivity contribution in [2.45, 2.75) is 78.6 Å². The van der Waals surface area contributed by atoms with Crippen molar-refractivity contribution in [1.82, 2.24) is 0 Å². The Kier molecular flexibility index (Phi) is 5.76. The average molecular weight is 387 g/mol. The molecule has 0 radical (unpaired) electrons. The molecule has 0 atom stereocenters. The Balaban J connectivity index is 1.94. The summed E-state index contributed by atoms with van der Waals surface area (Å²) in [6, 6.07) is 14.5. The smallest absolute Gasteiger partial charge is 0.198 e. The van der Waals surface area contributed by atoms with Gasteiger partial charge >= 0.3 is 0 Å². The Hall–Kier alpha value is -2.15. The summed E-state index contributed by atoms with van der Waals surface area (Å²) in [5, 5.41) is 2.79. The van der Waals surface area contributed by atoms with Crippen LogP contribution in [-0.2, 0) is 19.9 Å². The molecular formula is C28H36N+. The zero-order chi connectivity index (χ0) is 20.5. The van der Waals surface area contributed by atoms with E-state index in [9.17, 15) is 0 Å². The molecule has 1 saturated carbocycles. The molecule has 0 saturated heterocycles. The SMILES string of the molecule is CCc1cc(CC)c(C)c(-c2c3ccc(C4CCCCC4)cc3cc(C)[n+]2C)c1. The topological polar surface area (TPSA) is 3.88 Å². The van der Waals surface area contributed by atoms with Crippen LogP contribution in [0.1, 0.15) is 79.8 Å². The first-order valence-electron chi connectivity index (χ1n) is 11.6. The molecule has 1 aliphatic carbocycles. The van der Waals surface area contributed by atoms with Crippen LogP contribution in [0.3, 0.4) is 0 Å². The summed E-state index contributed by atoms with van der Waals surface area (Å²) in [6.45, 7) is 9.09. The van der Waals surface area contributed by atoms with Gasteiger partial charge in [0.05, 0.1) is 10.9 Å². The molecule has 0 amide bonds. The van der Waals surface area contributed by atoms with Gasteiger partial charge in [-0.25, -0.2) is 0 Å². The summed E-state index contributed by atoms with van der Waals surface area (Å²) in [6.07, 6.45) is 9.07. The lowest BCUT2D eigenvalue weighted by atomic mass is 9.83. The molecule has 0 bridgehead atoms. The number of fused-ring (bicyclic) bond motifs is 1. The van der Waals surface area contributed by atoms with Crippen molar-refractivity contribution in [2.24, 2.45) is 7.05 Å². The van der Waals surface area contributed by atoms with Crippen molar-refractivity contribution in [2.75, 3.05) is 0 Å². The van der Waals surface area contributed by atoms with Gasteiger partial charge in [-0.2, -0.15) is 4.57 Å². The highest BCUT2D eigenvalue weighted by Crippen LogP contribution is 2.36. The van der Waals surface area contributed by atoms with Crippen LogP contribution < -0.4 is 4.57 Å². The number of pyridine rings is 1. The number of hydrogen-bond acceptors (Lipinski definition) is 0. The quantitative estimate of drug-likeness (QED) is 0.420. The van der Waals surface area contributed by atoms with E-state index in [0.29, 0.717) is 0 Å². The third-order valence-electron chi connectivity index (χ3n) is 7.26. The Bertz CT molecular complexity index is 1040. The number of benzene rings is 2. The molecule has 29 heavy (non-hydrogen) atoms. The van der Waals surface area contributed by atoms with E-state index in [1.807, 2.05) is 0 Å². The van der Waals surface area contributed by atoms with Crippen molar-refractivity contribution in [3.05, 3.63) is 64.3 Å². The molecule has 152 valence electrons. The summed E-state index contributed by atoms with van der Waals surface area (Å²) in [7, 11) is 2.23. The van der Waals surface area contributed by atoms with Crippen molar-refractivity contribution < 1.29 is 4.57 Å². The third-order valence-corrected chi connectivity index (χ3v) is 7.26. The zero-order valence-electron chi connectivity index (χ0n) is 18.9. The molecule has 0 aliphatic heterocycles. The molecule has 3 aromatic rings. The largest absolute Gasteiger partial charge is 0.220 e. The lowest BCUT2D eigenvalue weighted by Gasteiger charge is -2.22. The number of aryl methyl sites for hydroxylation is 3. The molecule has 1 aliphatic rings. The summed E-state index contributed by atoms with van der Waals surface area (Å²) in [4.78, 5) is 0. The number of rotatable bonds is 4. The van der Waals surface area contributed by atoms with E-state index >= 15 is 0 Å². The minimum absolute atomic E-state index is 0.753. The van der Waals surface area contributed by atoms with E-state index < -0.39 is 0 Å². The predicted molar refractivity (Wildman–Crippen MR) is 125 cm³/mol. The van der Waals surface area contributed by atoms with Gasteiger partial charge in [0.15, 0.2) is 5.69 Å². The first-order chi connectivity index (χ1) is 14.0. The first-order valence-corrected chi connectivity index (χ1v) is 11.6. The summed E-state index contributed by atoms with van der Waals surface area (Å²) < 4.78 is 2.39. The van der Waals surface area contributed by atoms with E-state index in [2.05, 4.69) is 75.7 Å². The molecule has 0 N–H and O–H groups in total. The maximum absolute atomic E-state index is 2.49. The standard InChI is InChI=1S/C28H36N/c1-6-21-16-22(7-2)20(4)27(17-21)28-26-14-13-24(23-11-9-8-10-12-23)18-25(26)15-19(3)29(28)5/h13-18,23H,6-12H2,1-5H3/q+1. The summed E-state index contributed by atoms with van der Waals surface area (Å²) >= 11 is 0. The van der Waals surface area contributed by atoms with Crippen LogP contribution >= 0.6 is 0 Å². The van der Waals surface area contributed by atoms with E-state index in [0.717, 1.165) is 18.8 Å². The molecule has 4 rings (SSSR count). The fourth-order valence-electron chi connectivity index (χ4n) is 5.27. The Morgan fingerprint density at radius 1 is 0.897 bits per heavy atom. The van der Waals surface area contributed by atoms with E-state index in [1.54, 1.807) is 5.56 Å². The number of hydrogen-bond donors (Lipinski definition) is 0. The second-order valence-electron chi connectivity index (χ2n) is 9.01. The van der Waals surface area contributed by atoms with Gasteiger partial charge in [0, 0.05) is 13.0 Å². The fraction of sp³-hybridized carbons (Fsp3) is 0.464. The van der Waals surface area contributed by atoms with E-state index in [1.165, 1.54) is 76.5 Å². The highest BCUT2D eigenvalue weighted by Gasteiger charge is 2.23. The van der Waals surface area contributed by atoms with E-state index in [4.69, 9.17) is 0 Å². The van der Waals surface area contributed by atoms with Gasteiger partial charge in [0.1, 0.15) is 7.05 Å². The molecule has 1 nitrogen and oxygen atoms in total. The monoisotopic (exact) mass is 386 g/mol. The molecule has 2 aromatic carbocycles. The van der Waals surface area contributed by atoms with Gasteiger partial charge in [-0.3, -0.25) is 0 Å². The second-order valence-corrected chi connectivity index (χ2v) is 9.01. The molecule has 1 heteroatoms. The molecule has 1 fully saturated rings. The van der Waals surface area contributed by atoms with Gasteiger partial charge in [0.25, 0.3) is 0 Å². The van der Waals surface area contributed by atoms with E-state index in [-0.39, 0.29) is 0 Å². The Labute approximate surface area is 176 Å². The van der Waals surface area contributed by atoms with Crippen LogP contribution in [0.4, 0.5) is 0 Å². The van der Waals surface area contributed by atoms with Crippen LogP contribution in [0.2, 0.25) is 0 Å².